The lowest BCUT2D eigenvalue weighted by atomic mass is 10.1. The smallest absolute Gasteiger partial charge is 0.00489 e. The van der Waals surface area contributed by atoms with Crippen LogP contribution < -0.4 is 5.32 Å². The topological polar surface area (TPSA) is 12.0 Å². The van der Waals surface area contributed by atoms with Gasteiger partial charge in [0.15, 0.2) is 0 Å². The molecule has 68 valence electrons. The number of nitrogens with one attached hydrogen (secondary N) is 1. The van der Waals surface area contributed by atoms with Crippen molar-refractivity contribution in [2.24, 2.45) is 0 Å². The lowest BCUT2D eigenvalue weighted by Crippen LogP contribution is -2.17. The maximum Gasteiger partial charge on any atom is -0.00489 e. The van der Waals surface area contributed by atoms with Gasteiger partial charge in [0.05, 0.1) is 0 Å². The van der Waals surface area contributed by atoms with Crippen molar-refractivity contribution in [1.29, 1.82) is 0 Å². The molecule has 0 saturated carbocycles. The third-order valence-corrected chi connectivity index (χ3v) is 2.21. The molecule has 0 radical (unpaired) electrons. The monoisotopic (exact) mass is 177 g/mol. The average Bonchev–Trinajstić information content (AvgIpc) is 2.01. The van der Waals surface area contributed by atoms with Crippen LogP contribution in [0.1, 0.15) is 44.9 Å². The Morgan fingerprint density at radius 1 is 0.545 bits per heavy atom. The molecule has 1 nitrogen and oxygen atoms in total. The van der Waals surface area contributed by atoms with Crippen LogP contribution in [0.2, 0.25) is 0 Å². The van der Waals surface area contributed by atoms with E-state index in [2.05, 4.69) is 5.32 Å². The largest absolute Gasteiger partial charge is 0.317 e. The molecule has 0 bridgehead atoms. The Kier molecular flexibility index (Phi) is 8.54. The molecule has 1 saturated heterocycles. The molecule has 11 heavy (non-hydrogen) atoms. The van der Waals surface area contributed by atoms with E-state index >= 15 is 0 Å². The molecule has 0 amide bonds. The van der Waals surface area contributed by atoms with Gasteiger partial charge in [-0.25, -0.2) is 0 Å². The molecule has 1 fully saturated rings. The third kappa shape index (κ3) is 6.64. The fraction of sp³-hybridized carbons (Fsp3) is 1.00. The summed E-state index contributed by atoms with van der Waals surface area (Å²) in [4.78, 5) is 0. The summed E-state index contributed by atoms with van der Waals surface area (Å²) >= 11 is 0. The molecule has 0 aromatic rings. The second kappa shape index (κ2) is 8.35. The van der Waals surface area contributed by atoms with E-state index in [4.69, 9.17) is 0 Å². The maximum absolute atomic E-state index is 3.46. The Balaban J connectivity index is 0.000001000. The Hall–Kier alpha value is 0.250. The maximum atomic E-state index is 3.46. The van der Waals surface area contributed by atoms with E-state index in [9.17, 15) is 0 Å². The summed E-state index contributed by atoms with van der Waals surface area (Å²) < 4.78 is 0. The molecule has 0 spiro atoms. The zero-order valence-electron chi connectivity index (χ0n) is 7.27. The highest BCUT2D eigenvalue weighted by atomic mass is 35.5. The highest BCUT2D eigenvalue weighted by molar-refractivity contribution is 5.85. The van der Waals surface area contributed by atoms with E-state index in [0.717, 1.165) is 0 Å². The Bertz CT molecular complexity index is 42.7. The van der Waals surface area contributed by atoms with Crippen molar-refractivity contribution in [3.63, 3.8) is 0 Å². The van der Waals surface area contributed by atoms with Crippen LogP contribution in [0.5, 0.6) is 0 Å². The normalized spacial score (nSPS) is 21.8. The number of hydrogen-bond acceptors (Lipinski definition) is 1. The summed E-state index contributed by atoms with van der Waals surface area (Å²) in [7, 11) is 0. The average molecular weight is 178 g/mol. The second-order valence-corrected chi connectivity index (χ2v) is 3.22. The van der Waals surface area contributed by atoms with Gasteiger partial charge in [0.25, 0.3) is 0 Å². The molecular weight excluding hydrogens is 158 g/mol. The van der Waals surface area contributed by atoms with Gasteiger partial charge in [0.2, 0.25) is 0 Å². The molecule has 2 heteroatoms. The standard InChI is InChI=1S/C9H19N.ClH/c1-2-4-6-8-10-9-7-5-3-1;/h10H,1-9H2;1H. The van der Waals surface area contributed by atoms with Crippen molar-refractivity contribution in [1.82, 2.24) is 5.32 Å². The highest BCUT2D eigenvalue weighted by Crippen LogP contribution is 2.07. The summed E-state index contributed by atoms with van der Waals surface area (Å²) in [5, 5.41) is 3.46. The predicted octanol–water partition coefficient (Wildman–Crippen LogP) is 2.74. The zero-order chi connectivity index (χ0) is 7.07. The summed E-state index contributed by atoms with van der Waals surface area (Å²) in [6.07, 6.45) is 10.0. The summed E-state index contributed by atoms with van der Waals surface area (Å²) in [6.45, 7) is 2.50. The molecule has 1 rings (SSSR count). The minimum absolute atomic E-state index is 0. The van der Waals surface area contributed by atoms with Crippen molar-refractivity contribution in [3.8, 4) is 0 Å². The van der Waals surface area contributed by atoms with Gasteiger partial charge in [-0.1, -0.05) is 32.1 Å². The first-order chi connectivity index (χ1) is 5.00. The van der Waals surface area contributed by atoms with Crippen molar-refractivity contribution in [2.75, 3.05) is 13.1 Å². The minimum Gasteiger partial charge on any atom is -0.317 e. The quantitative estimate of drug-likeness (QED) is 0.600. The van der Waals surface area contributed by atoms with E-state index < -0.39 is 0 Å². The molecular formula is C9H20ClN. The van der Waals surface area contributed by atoms with E-state index in [1.807, 2.05) is 0 Å². The molecule has 0 aromatic heterocycles. The van der Waals surface area contributed by atoms with Crippen molar-refractivity contribution >= 4 is 12.4 Å². The van der Waals surface area contributed by atoms with Gasteiger partial charge >= 0.3 is 0 Å². The summed E-state index contributed by atoms with van der Waals surface area (Å²) in [6, 6.07) is 0. The minimum atomic E-state index is 0. The third-order valence-electron chi connectivity index (χ3n) is 2.21. The van der Waals surface area contributed by atoms with E-state index in [0.29, 0.717) is 0 Å². The molecule has 1 heterocycles. The van der Waals surface area contributed by atoms with Crippen LogP contribution in [-0.4, -0.2) is 13.1 Å². The molecule has 0 unspecified atom stereocenters. The number of hydrogen-bond donors (Lipinski definition) is 1. The van der Waals surface area contributed by atoms with Crippen LogP contribution in [-0.2, 0) is 0 Å². The molecule has 1 aliphatic heterocycles. The zero-order valence-corrected chi connectivity index (χ0v) is 8.09. The lowest BCUT2D eigenvalue weighted by Gasteiger charge is -2.07. The summed E-state index contributed by atoms with van der Waals surface area (Å²) in [5.74, 6) is 0. The fourth-order valence-corrected chi connectivity index (χ4v) is 1.51. The molecule has 1 N–H and O–H groups in total. The van der Waals surface area contributed by atoms with Gasteiger partial charge in [0.1, 0.15) is 0 Å². The van der Waals surface area contributed by atoms with Gasteiger partial charge < -0.3 is 5.32 Å². The van der Waals surface area contributed by atoms with Crippen LogP contribution in [0.4, 0.5) is 0 Å². The van der Waals surface area contributed by atoms with E-state index in [1.54, 1.807) is 0 Å². The van der Waals surface area contributed by atoms with Crippen molar-refractivity contribution < 1.29 is 0 Å². The van der Waals surface area contributed by atoms with Crippen LogP contribution in [0.3, 0.4) is 0 Å². The first-order valence-electron chi connectivity index (χ1n) is 4.71. The van der Waals surface area contributed by atoms with Crippen molar-refractivity contribution in [3.05, 3.63) is 0 Å². The first-order valence-corrected chi connectivity index (χ1v) is 4.71. The van der Waals surface area contributed by atoms with Gasteiger partial charge in [-0.2, -0.15) is 0 Å². The Morgan fingerprint density at radius 2 is 0.909 bits per heavy atom. The predicted molar refractivity (Wildman–Crippen MR) is 52.4 cm³/mol. The van der Waals surface area contributed by atoms with E-state index in [-0.39, 0.29) is 12.4 Å². The van der Waals surface area contributed by atoms with Crippen LogP contribution in [0, 0.1) is 0 Å². The Labute approximate surface area is 76.4 Å². The second-order valence-electron chi connectivity index (χ2n) is 3.22. The first kappa shape index (κ1) is 11.2. The van der Waals surface area contributed by atoms with Crippen molar-refractivity contribution in [2.45, 2.75) is 44.9 Å². The highest BCUT2D eigenvalue weighted by Gasteiger charge is 1.94. The number of rotatable bonds is 0. The Morgan fingerprint density at radius 3 is 1.36 bits per heavy atom. The fourth-order valence-electron chi connectivity index (χ4n) is 1.51. The van der Waals surface area contributed by atoms with Gasteiger partial charge in [-0.05, 0) is 25.9 Å². The number of halogens is 1. The molecule has 0 aliphatic carbocycles. The molecule has 0 aromatic carbocycles. The van der Waals surface area contributed by atoms with E-state index in [1.165, 1.54) is 58.0 Å². The SMILES string of the molecule is C1CCCCNCCCC1.Cl. The van der Waals surface area contributed by atoms with Crippen LogP contribution in [0.15, 0.2) is 0 Å². The summed E-state index contributed by atoms with van der Waals surface area (Å²) in [5.41, 5.74) is 0. The van der Waals surface area contributed by atoms with Crippen LogP contribution >= 0.6 is 12.4 Å². The molecule has 1 aliphatic rings. The van der Waals surface area contributed by atoms with Gasteiger partial charge in [-0.3, -0.25) is 0 Å². The molecule has 0 atom stereocenters. The van der Waals surface area contributed by atoms with Crippen LogP contribution in [0.25, 0.3) is 0 Å². The lowest BCUT2D eigenvalue weighted by molar-refractivity contribution is 0.514. The van der Waals surface area contributed by atoms with Gasteiger partial charge in [0, 0.05) is 0 Å². The van der Waals surface area contributed by atoms with Gasteiger partial charge in [-0.15, -0.1) is 12.4 Å².